The molecule has 1 aliphatic rings. The van der Waals surface area contributed by atoms with Crippen molar-refractivity contribution in [2.75, 3.05) is 0 Å². The third-order valence-electron chi connectivity index (χ3n) is 3.51. The number of hydrogen-bond donors (Lipinski definition) is 1. The van der Waals surface area contributed by atoms with Gasteiger partial charge in [-0.25, -0.2) is 0 Å². The van der Waals surface area contributed by atoms with Crippen LogP contribution < -0.4 is 0 Å². The molecule has 0 saturated carbocycles. The number of nitroso groups, excluding NO2 is 2. The van der Waals surface area contributed by atoms with Crippen molar-refractivity contribution in [1.82, 2.24) is 0 Å². The average Bonchev–Trinajstić information content (AvgIpc) is 2.50. The highest BCUT2D eigenvalue weighted by atomic mass is 16.3. The number of carbonyl (C=O) groups is 2. The zero-order valence-electron chi connectivity index (χ0n) is 11.3. The number of aryl methyl sites for hydroxylation is 1. The average molecular weight is 296 g/mol. The molecule has 0 saturated heterocycles. The molecule has 1 aliphatic carbocycles. The van der Waals surface area contributed by atoms with Crippen LogP contribution in [0.2, 0.25) is 0 Å². The molecule has 3 rings (SSSR count). The van der Waals surface area contributed by atoms with Crippen LogP contribution in [-0.4, -0.2) is 16.7 Å². The predicted molar refractivity (Wildman–Crippen MR) is 77.1 cm³/mol. The van der Waals surface area contributed by atoms with Gasteiger partial charge in [-0.05, 0) is 41.0 Å². The molecular weight excluding hydrogens is 288 g/mol. The van der Waals surface area contributed by atoms with E-state index in [9.17, 15) is 24.5 Å². The zero-order valence-corrected chi connectivity index (χ0v) is 11.3. The Morgan fingerprint density at radius 3 is 2.18 bits per heavy atom. The van der Waals surface area contributed by atoms with Gasteiger partial charge in [0.25, 0.3) is 0 Å². The first-order chi connectivity index (χ1) is 10.5. The van der Waals surface area contributed by atoms with Crippen LogP contribution >= 0.6 is 0 Å². The minimum absolute atomic E-state index is 0.0227. The van der Waals surface area contributed by atoms with Crippen molar-refractivity contribution >= 4 is 22.9 Å². The number of fused-ring (bicyclic) bond motifs is 2. The first kappa shape index (κ1) is 13.7. The number of benzene rings is 2. The van der Waals surface area contributed by atoms with E-state index in [1.165, 1.54) is 12.1 Å². The van der Waals surface area contributed by atoms with Gasteiger partial charge >= 0.3 is 0 Å². The van der Waals surface area contributed by atoms with Crippen LogP contribution in [0.1, 0.15) is 37.4 Å². The lowest BCUT2D eigenvalue weighted by molar-refractivity contribution is 0.0977. The van der Waals surface area contributed by atoms with E-state index in [1.807, 2.05) is 0 Å². The lowest BCUT2D eigenvalue weighted by Crippen LogP contribution is -2.21. The monoisotopic (exact) mass is 296 g/mol. The van der Waals surface area contributed by atoms with Crippen molar-refractivity contribution < 1.29 is 14.7 Å². The summed E-state index contributed by atoms with van der Waals surface area (Å²) in [4.78, 5) is 46.7. The van der Waals surface area contributed by atoms with E-state index in [4.69, 9.17) is 0 Å². The molecule has 1 N–H and O–H groups in total. The highest BCUT2D eigenvalue weighted by molar-refractivity contribution is 6.31. The highest BCUT2D eigenvalue weighted by Crippen LogP contribution is 2.39. The van der Waals surface area contributed by atoms with Crippen molar-refractivity contribution in [3.05, 3.63) is 61.9 Å². The van der Waals surface area contributed by atoms with Crippen molar-refractivity contribution in [3.63, 3.8) is 0 Å². The van der Waals surface area contributed by atoms with E-state index >= 15 is 0 Å². The predicted octanol–water partition coefficient (Wildman–Crippen LogP) is 3.27. The quantitative estimate of drug-likeness (QED) is 0.729. The third kappa shape index (κ3) is 1.76. The van der Waals surface area contributed by atoms with Crippen LogP contribution in [0.15, 0.2) is 34.6 Å². The van der Waals surface area contributed by atoms with E-state index in [0.717, 1.165) is 12.1 Å². The summed E-state index contributed by atoms with van der Waals surface area (Å²) in [6, 6.07) is 4.98. The Hall–Kier alpha value is -3.22. The summed E-state index contributed by atoms with van der Waals surface area (Å²) in [5.41, 5.74) is -0.215. The number of carbonyl (C=O) groups excluding carboxylic acids is 2. The fourth-order valence-corrected chi connectivity index (χ4v) is 2.61. The fourth-order valence-electron chi connectivity index (χ4n) is 2.61. The van der Waals surface area contributed by atoms with Gasteiger partial charge in [-0.2, -0.15) is 0 Å². The molecule has 0 atom stereocenters. The molecule has 2 aromatic carbocycles. The second-order valence-corrected chi connectivity index (χ2v) is 4.93. The Bertz CT molecular complexity index is 882. The number of phenolic OH excluding ortho intramolecular Hbond substituents is 1. The lowest BCUT2D eigenvalue weighted by atomic mass is 9.82. The van der Waals surface area contributed by atoms with Crippen LogP contribution in [-0.2, 0) is 0 Å². The van der Waals surface area contributed by atoms with Crippen molar-refractivity contribution in [3.8, 4) is 5.75 Å². The number of nitrogens with zero attached hydrogens (tertiary/aromatic N) is 2. The van der Waals surface area contributed by atoms with Crippen molar-refractivity contribution in [2.24, 2.45) is 10.4 Å². The number of ketones is 2. The molecule has 22 heavy (non-hydrogen) atoms. The van der Waals surface area contributed by atoms with Crippen LogP contribution in [0.5, 0.6) is 5.75 Å². The summed E-state index contributed by atoms with van der Waals surface area (Å²) in [6.07, 6.45) is 0. The molecule has 0 aromatic heterocycles. The second-order valence-electron chi connectivity index (χ2n) is 4.93. The van der Waals surface area contributed by atoms with E-state index in [-0.39, 0.29) is 33.6 Å². The summed E-state index contributed by atoms with van der Waals surface area (Å²) < 4.78 is 0. The topological polar surface area (TPSA) is 113 Å². The minimum Gasteiger partial charge on any atom is -0.507 e. The SMILES string of the molecule is Cc1cc(N=O)c2c(c1)C(=O)c1cc(N=O)cc(O)c1C2=O. The smallest absolute Gasteiger partial charge is 0.200 e. The standard InChI is InChI=1S/C15H8N2O5/c1-6-2-8-12(10(3-6)17-22)15(20)13-9(14(8)19)4-7(16-21)5-11(13)18/h2-5,18H,1H3. The van der Waals surface area contributed by atoms with Gasteiger partial charge in [0, 0.05) is 17.2 Å². The number of aromatic hydroxyl groups is 1. The summed E-state index contributed by atoms with van der Waals surface area (Å²) >= 11 is 0. The maximum Gasteiger partial charge on any atom is 0.200 e. The molecule has 7 nitrogen and oxygen atoms in total. The minimum atomic E-state index is -0.686. The van der Waals surface area contributed by atoms with Gasteiger partial charge in [0.15, 0.2) is 5.78 Å². The van der Waals surface area contributed by atoms with Gasteiger partial charge in [-0.15, -0.1) is 9.81 Å². The van der Waals surface area contributed by atoms with E-state index in [0.29, 0.717) is 5.56 Å². The van der Waals surface area contributed by atoms with E-state index in [1.54, 1.807) is 6.92 Å². The normalized spacial score (nSPS) is 12.6. The molecule has 7 heteroatoms. The Balaban J connectivity index is 2.39. The number of hydrogen-bond acceptors (Lipinski definition) is 7. The highest BCUT2D eigenvalue weighted by Gasteiger charge is 2.35. The molecule has 0 amide bonds. The van der Waals surface area contributed by atoms with Crippen molar-refractivity contribution in [2.45, 2.75) is 6.92 Å². The molecule has 2 aromatic rings. The van der Waals surface area contributed by atoms with Crippen LogP contribution in [0, 0.1) is 16.7 Å². The summed E-state index contributed by atoms with van der Waals surface area (Å²) in [5.74, 6) is -1.79. The first-order valence-electron chi connectivity index (χ1n) is 6.25. The molecule has 0 radical (unpaired) electrons. The first-order valence-corrected chi connectivity index (χ1v) is 6.25. The lowest BCUT2D eigenvalue weighted by Gasteiger charge is -2.19. The van der Waals surface area contributed by atoms with Crippen LogP contribution in [0.25, 0.3) is 0 Å². The molecule has 0 bridgehead atoms. The fraction of sp³-hybridized carbons (Fsp3) is 0.0667. The second kappa shape index (κ2) is 4.66. The molecule has 0 fully saturated rings. The number of rotatable bonds is 2. The van der Waals surface area contributed by atoms with Gasteiger partial charge in [-0.3, -0.25) is 9.59 Å². The van der Waals surface area contributed by atoms with Crippen LogP contribution in [0.4, 0.5) is 11.4 Å². The largest absolute Gasteiger partial charge is 0.507 e. The number of phenols is 1. The maximum absolute atomic E-state index is 12.5. The van der Waals surface area contributed by atoms with Gasteiger partial charge in [-0.1, -0.05) is 0 Å². The van der Waals surface area contributed by atoms with Gasteiger partial charge in [0.05, 0.1) is 11.1 Å². The Labute approximate surface area is 123 Å². The molecular formula is C15H8N2O5. The third-order valence-corrected chi connectivity index (χ3v) is 3.51. The molecule has 108 valence electrons. The summed E-state index contributed by atoms with van der Waals surface area (Å²) in [5, 5.41) is 15.4. The maximum atomic E-state index is 12.5. The molecule has 0 spiro atoms. The van der Waals surface area contributed by atoms with Gasteiger partial charge < -0.3 is 5.11 Å². The zero-order chi connectivity index (χ0) is 16.0. The Morgan fingerprint density at radius 1 is 0.864 bits per heavy atom. The van der Waals surface area contributed by atoms with E-state index < -0.39 is 17.3 Å². The molecule has 0 unspecified atom stereocenters. The summed E-state index contributed by atoms with van der Waals surface area (Å²) in [7, 11) is 0. The van der Waals surface area contributed by atoms with Gasteiger partial charge in [0.2, 0.25) is 5.78 Å². The van der Waals surface area contributed by atoms with E-state index in [2.05, 4.69) is 10.4 Å². The molecule has 0 aliphatic heterocycles. The Morgan fingerprint density at radius 2 is 1.55 bits per heavy atom. The Kier molecular flexibility index (Phi) is 2.91. The molecule has 0 heterocycles. The van der Waals surface area contributed by atoms with Crippen molar-refractivity contribution in [1.29, 1.82) is 0 Å². The van der Waals surface area contributed by atoms with Gasteiger partial charge in [0.1, 0.15) is 17.1 Å². The summed E-state index contributed by atoms with van der Waals surface area (Å²) in [6.45, 7) is 1.66. The van der Waals surface area contributed by atoms with Crippen LogP contribution in [0.3, 0.4) is 0 Å².